The fraction of sp³-hybridized carbons (Fsp3) is 0.0556. The van der Waals surface area contributed by atoms with E-state index in [0.29, 0.717) is 17.1 Å². The molecule has 4 rings (SSSR count). The SMILES string of the molecule is COc1cc(NC(=O)c2cscn2)ccc1-c1cnc2[nH]ccc2c1. The van der Waals surface area contributed by atoms with Gasteiger partial charge in [-0.2, -0.15) is 0 Å². The number of aromatic amines is 1. The number of methoxy groups -OCH3 is 1. The molecule has 0 saturated carbocycles. The summed E-state index contributed by atoms with van der Waals surface area (Å²) in [6.07, 6.45) is 3.65. The Hall–Kier alpha value is -3.19. The Bertz CT molecular complexity index is 1040. The van der Waals surface area contributed by atoms with Crippen LogP contribution < -0.4 is 10.1 Å². The molecular formula is C18H14N4O2S. The summed E-state index contributed by atoms with van der Waals surface area (Å²) in [7, 11) is 1.60. The van der Waals surface area contributed by atoms with Gasteiger partial charge in [-0.1, -0.05) is 0 Å². The van der Waals surface area contributed by atoms with E-state index in [1.54, 1.807) is 30.3 Å². The number of ether oxygens (including phenoxy) is 1. The van der Waals surface area contributed by atoms with E-state index in [0.717, 1.165) is 22.2 Å². The van der Waals surface area contributed by atoms with E-state index in [1.165, 1.54) is 11.3 Å². The number of fused-ring (bicyclic) bond motifs is 1. The van der Waals surface area contributed by atoms with Crippen LogP contribution in [0.5, 0.6) is 5.75 Å². The van der Waals surface area contributed by atoms with Gasteiger partial charge >= 0.3 is 0 Å². The maximum absolute atomic E-state index is 12.1. The van der Waals surface area contributed by atoms with Crippen molar-refractivity contribution in [3.05, 3.63) is 59.3 Å². The molecule has 7 heteroatoms. The first kappa shape index (κ1) is 15.3. The van der Waals surface area contributed by atoms with Crippen molar-refractivity contribution in [2.45, 2.75) is 0 Å². The third-order valence-electron chi connectivity index (χ3n) is 3.84. The quantitative estimate of drug-likeness (QED) is 0.584. The first-order chi connectivity index (χ1) is 12.2. The zero-order valence-electron chi connectivity index (χ0n) is 13.3. The number of amides is 1. The number of carbonyl (C=O) groups is 1. The van der Waals surface area contributed by atoms with Gasteiger partial charge in [0.15, 0.2) is 0 Å². The molecule has 0 radical (unpaired) electrons. The van der Waals surface area contributed by atoms with Crippen molar-refractivity contribution in [3.63, 3.8) is 0 Å². The van der Waals surface area contributed by atoms with Gasteiger partial charge in [-0.15, -0.1) is 11.3 Å². The monoisotopic (exact) mass is 350 g/mol. The topological polar surface area (TPSA) is 79.9 Å². The molecule has 0 saturated heterocycles. The number of pyridine rings is 1. The van der Waals surface area contributed by atoms with E-state index in [4.69, 9.17) is 4.74 Å². The number of thiazole rings is 1. The number of hydrogen-bond acceptors (Lipinski definition) is 5. The molecule has 25 heavy (non-hydrogen) atoms. The first-order valence-corrected chi connectivity index (χ1v) is 8.50. The van der Waals surface area contributed by atoms with Gasteiger partial charge in [-0.25, -0.2) is 9.97 Å². The number of benzene rings is 1. The molecule has 4 aromatic rings. The fourth-order valence-corrected chi connectivity index (χ4v) is 3.15. The smallest absolute Gasteiger partial charge is 0.275 e. The summed E-state index contributed by atoms with van der Waals surface area (Å²) in [4.78, 5) is 23.6. The van der Waals surface area contributed by atoms with Crippen LogP contribution in [0.15, 0.2) is 53.6 Å². The molecule has 1 aromatic carbocycles. The Morgan fingerprint density at radius 2 is 2.16 bits per heavy atom. The highest BCUT2D eigenvalue weighted by Gasteiger charge is 2.12. The zero-order chi connectivity index (χ0) is 17.2. The molecule has 0 unspecified atom stereocenters. The predicted molar refractivity (Wildman–Crippen MR) is 98.1 cm³/mol. The van der Waals surface area contributed by atoms with Gasteiger partial charge in [-0.3, -0.25) is 4.79 Å². The molecule has 124 valence electrons. The van der Waals surface area contributed by atoms with E-state index in [9.17, 15) is 4.79 Å². The van der Waals surface area contributed by atoms with Gasteiger partial charge in [0.1, 0.15) is 17.1 Å². The summed E-state index contributed by atoms with van der Waals surface area (Å²) in [5.41, 5.74) is 5.37. The molecule has 3 aromatic heterocycles. The number of nitrogens with zero attached hydrogens (tertiary/aromatic N) is 2. The van der Waals surface area contributed by atoms with E-state index in [-0.39, 0.29) is 5.91 Å². The van der Waals surface area contributed by atoms with Crippen molar-refractivity contribution in [2.75, 3.05) is 12.4 Å². The highest BCUT2D eigenvalue weighted by atomic mass is 32.1. The second kappa shape index (κ2) is 6.37. The molecule has 3 heterocycles. The lowest BCUT2D eigenvalue weighted by atomic mass is 10.0. The lowest BCUT2D eigenvalue weighted by Gasteiger charge is -2.11. The van der Waals surface area contributed by atoms with Crippen LogP contribution in [0.2, 0.25) is 0 Å². The highest BCUT2D eigenvalue weighted by molar-refractivity contribution is 7.07. The zero-order valence-corrected chi connectivity index (χ0v) is 14.1. The van der Waals surface area contributed by atoms with Crippen LogP contribution in [0.25, 0.3) is 22.2 Å². The Labute approximate surface area is 147 Å². The average Bonchev–Trinajstić information content (AvgIpc) is 3.32. The molecule has 0 aliphatic carbocycles. The average molecular weight is 350 g/mol. The van der Waals surface area contributed by atoms with Gasteiger partial charge in [0.05, 0.1) is 12.6 Å². The van der Waals surface area contributed by atoms with Crippen LogP contribution >= 0.6 is 11.3 Å². The predicted octanol–water partition coefficient (Wildman–Crippen LogP) is 3.95. The lowest BCUT2D eigenvalue weighted by Crippen LogP contribution is -2.12. The molecule has 0 atom stereocenters. The third kappa shape index (κ3) is 2.97. The Morgan fingerprint density at radius 1 is 1.24 bits per heavy atom. The van der Waals surface area contributed by atoms with Crippen LogP contribution in [0.3, 0.4) is 0 Å². The normalized spacial score (nSPS) is 10.8. The maximum Gasteiger partial charge on any atom is 0.275 e. The minimum atomic E-state index is -0.244. The van der Waals surface area contributed by atoms with Crippen molar-refractivity contribution < 1.29 is 9.53 Å². The van der Waals surface area contributed by atoms with Crippen LogP contribution in [-0.2, 0) is 0 Å². The van der Waals surface area contributed by atoms with Gasteiger partial charge in [-0.05, 0) is 24.3 Å². The Balaban J connectivity index is 1.66. The summed E-state index contributed by atoms with van der Waals surface area (Å²) >= 11 is 1.38. The van der Waals surface area contributed by atoms with Gasteiger partial charge in [0.25, 0.3) is 5.91 Å². The van der Waals surface area contributed by atoms with Crippen molar-refractivity contribution >= 4 is 34.0 Å². The number of anilines is 1. The van der Waals surface area contributed by atoms with Crippen molar-refractivity contribution in [1.82, 2.24) is 15.0 Å². The molecule has 0 fully saturated rings. The van der Waals surface area contributed by atoms with E-state index < -0.39 is 0 Å². The maximum atomic E-state index is 12.1. The number of H-pyrrole nitrogens is 1. The number of nitrogens with one attached hydrogen (secondary N) is 2. The van der Waals surface area contributed by atoms with Crippen molar-refractivity contribution in [2.24, 2.45) is 0 Å². The van der Waals surface area contributed by atoms with E-state index >= 15 is 0 Å². The van der Waals surface area contributed by atoms with Gasteiger partial charge < -0.3 is 15.0 Å². The molecule has 0 aliphatic rings. The Morgan fingerprint density at radius 3 is 2.96 bits per heavy atom. The number of hydrogen-bond donors (Lipinski definition) is 2. The molecule has 6 nitrogen and oxygen atoms in total. The minimum Gasteiger partial charge on any atom is -0.496 e. The summed E-state index contributed by atoms with van der Waals surface area (Å²) in [6.45, 7) is 0. The van der Waals surface area contributed by atoms with Crippen LogP contribution in [-0.4, -0.2) is 28.0 Å². The molecule has 0 aliphatic heterocycles. The van der Waals surface area contributed by atoms with Crippen molar-refractivity contribution in [1.29, 1.82) is 0 Å². The summed E-state index contributed by atoms with van der Waals surface area (Å²) in [5, 5.41) is 5.56. The first-order valence-electron chi connectivity index (χ1n) is 7.55. The number of rotatable bonds is 4. The minimum absolute atomic E-state index is 0.244. The number of carbonyl (C=O) groups excluding carboxylic acids is 1. The fourth-order valence-electron chi connectivity index (χ4n) is 2.61. The summed E-state index contributed by atoms with van der Waals surface area (Å²) in [6, 6.07) is 9.56. The largest absolute Gasteiger partial charge is 0.496 e. The van der Waals surface area contributed by atoms with Crippen LogP contribution in [0.4, 0.5) is 5.69 Å². The summed E-state index contributed by atoms with van der Waals surface area (Å²) < 4.78 is 5.51. The Kier molecular flexibility index (Phi) is 3.91. The molecule has 0 bridgehead atoms. The van der Waals surface area contributed by atoms with Gasteiger partial charge in [0.2, 0.25) is 0 Å². The third-order valence-corrected chi connectivity index (χ3v) is 4.42. The highest BCUT2D eigenvalue weighted by Crippen LogP contribution is 2.33. The molecule has 2 N–H and O–H groups in total. The molecule has 1 amide bonds. The summed E-state index contributed by atoms with van der Waals surface area (Å²) in [5.74, 6) is 0.416. The van der Waals surface area contributed by atoms with Gasteiger partial charge in [0, 0.05) is 46.0 Å². The van der Waals surface area contributed by atoms with E-state index in [2.05, 4.69) is 20.3 Å². The van der Waals surface area contributed by atoms with Crippen LogP contribution in [0.1, 0.15) is 10.5 Å². The standard InChI is InChI=1S/C18H14N4O2S/c1-24-16-7-13(22-18(23)15-9-25-10-21-15)2-3-14(16)12-6-11-4-5-19-17(11)20-8-12/h2-10H,1H3,(H,19,20)(H,22,23). The lowest BCUT2D eigenvalue weighted by molar-refractivity contribution is 0.102. The second-order valence-corrected chi connectivity index (χ2v) is 6.10. The molecular weight excluding hydrogens is 336 g/mol. The number of aromatic nitrogens is 3. The van der Waals surface area contributed by atoms with E-state index in [1.807, 2.05) is 30.5 Å². The second-order valence-electron chi connectivity index (χ2n) is 5.38. The van der Waals surface area contributed by atoms with Crippen molar-refractivity contribution in [3.8, 4) is 16.9 Å². The van der Waals surface area contributed by atoms with Crippen LogP contribution in [0, 0.1) is 0 Å². The molecule has 0 spiro atoms.